The molecule has 0 aliphatic carbocycles. The van der Waals surface area contributed by atoms with E-state index in [0.717, 1.165) is 7.11 Å². The maximum atomic E-state index is 12.8. The number of benzene rings is 1. The van der Waals surface area contributed by atoms with E-state index in [0.29, 0.717) is 6.07 Å². The van der Waals surface area contributed by atoms with Gasteiger partial charge < -0.3 is 4.74 Å². The quantitative estimate of drug-likeness (QED) is 0.453. The number of methoxy groups -OCH3 is 1. The molecule has 16 heavy (non-hydrogen) atoms. The van der Waals surface area contributed by atoms with Crippen LogP contribution in [0, 0.1) is 15.9 Å². The Kier molecular flexibility index (Phi) is 3.02. The van der Waals surface area contributed by atoms with E-state index in [1.807, 2.05) is 0 Å². The molecule has 0 aromatic heterocycles. The first-order chi connectivity index (χ1) is 7.27. The van der Waals surface area contributed by atoms with E-state index in [2.05, 4.69) is 4.74 Å². The average Bonchev–Trinajstić information content (AvgIpc) is 2.14. The first kappa shape index (κ1) is 12.2. The fraction of sp³-hybridized carbons (Fsp3) is 0.250. The van der Waals surface area contributed by atoms with Crippen LogP contribution in [0.15, 0.2) is 12.1 Å². The van der Waals surface area contributed by atoms with Crippen LogP contribution in [-0.4, -0.2) is 12.0 Å². The maximum Gasteiger partial charge on any atom is 0.420 e. The molecule has 8 heteroatoms. The van der Waals surface area contributed by atoms with Gasteiger partial charge in [0, 0.05) is 0 Å². The van der Waals surface area contributed by atoms with Crippen LogP contribution < -0.4 is 4.74 Å². The van der Waals surface area contributed by atoms with Gasteiger partial charge in [-0.15, -0.1) is 0 Å². The van der Waals surface area contributed by atoms with Crippen molar-refractivity contribution < 1.29 is 27.2 Å². The van der Waals surface area contributed by atoms with Crippen LogP contribution in [-0.2, 0) is 6.18 Å². The Morgan fingerprint density at radius 1 is 1.38 bits per heavy atom. The molecule has 0 spiro atoms. The highest BCUT2D eigenvalue weighted by atomic mass is 19.4. The maximum absolute atomic E-state index is 12.8. The Labute approximate surface area is 86.6 Å². The van der Waals surface area contributed by atoms with Gasteiger partial charge in [0.1, 0.15) is 11.4 Å². The summed E-state index contributed by atoms with van der Waals surface area (Å²) in [4.78, 5) is 9.26. The minimum absolute atomic E-state index is 0.145. The van der Waals surface area contributed by atoms with E-state index in [9.17, 15) is 27.7 Å². The fourth-order valence-corrected chi connectivity index (χ4v) is 1.14. The zero-order chi connectivity index (χ0) is 12.5. The Morgan fingerprint density at radius 2 is 1.94 bits per heavy atom. The number of halogens is 4. The lowest BCUT2D eigenvalue weighted by molar-refractivity contribution is -0.386. The van der Waals surface area contributed by atoms with E-state index >= 15 is 0 Å². The van der Waals surface area contributed by atoms with E-state index in [1.54, 1.807) is 0 Å². The molecule has 0 saturated heterocycles. The molecule has 88 valence electrons. The van der Waals surface area contributed by atoms with Crippen molar-refractivity contribution in [3.63, 3.8) is 0 Å². The third-order valence-electron chi connectivity index (χ3n) is 1.74. The molecule has 0 fully saturated rings. The van der Waals surface area contributed by atoms with Crippen molar-refractivity contribution in [3.8, 4) is 5.75 Å². The number of nitrogens with zero attached hydrogens (tertiary/aromatic N) is 1. The second-order valence-corrected chi connectivity index (χ2v) is 2.76. The van der Waals surface area contributed by atoms with Gasteiger partial charge in [0.05, 0.1) is 18.1 Å². The molecule has 0 unspecified atom stereocenters. The highest BCUT2D eigenvalue weighted by molar-refractivity contribution is 5.53. The zero-order valence-corrected chi connectivity index (χ0v) is 7.84. The molecule has 0 heterocycles. The molecule has 1 aromatic carbocycles. The number of alkyl halides is 3. The van der Waals surface area contributed by atoms with E-state index < -0.39 is 33.9 Å². The third kappa shape index (κ3) is 2.20. The van der Waals surface area contributed by atoms with Crippen LogP contribution in [0.2, 0.25) is 0 Å². The zero-order valence-electron chi connectivity index (χ0n) is 7.84. The van der Waals surface area contributed by atoms with Crippen LogP contribution in [0.5, 0.6) is 5.75 Å². The summed E-state index contributed by atoms with van der Waals surface area (Å²) in [5.41, 5.74) is -2.57. The lowest BCUT2D eigenvalue weighted by Crippen LogP contribution is -2.09. The minimum atomic E-state index is -4.92. The predicted octanol–water partition coefficient (Wildman–Crippen LogP) is 2.76. The van der Waals surface area contributed by atoms with Gasteiger partial charge in [-0.25, -0.2) is 4.39 Å². The number of nitro benzene ring substituents is 1. The molecule has 0 saturated carbocycles. The summed E-state index contributed by atoms with van der Waals surface area (Å²) < 4.78 is 54.2. The largest absolute Gasteiger partial charge is 0.490 e. The third-order valence-corrected chi connectivity index (χ3v) is 1.74. The molecule has 0 bridgehead atoms. The number of ether oxygens (including phenoxy) is 1. The lowest BCUT2D eigenvalue weighted by atomic mass is 10.1. The molecular formula is C8H5F4NO3. The standard InChI is InChI=1S/C8H5F4NO3/c1-16-7-5(8(10,11)12)2-4(9)3-6(7)13(14)15/h2-3H,1H3. The molecule has 0 amide bonds. The summed E-state index contributed by atoms with van der Waals surface area (Å²) in [7, 11) is 0.843. The van der Waals surface area contributed by atoms with Crippen molar-refractivity contribution in [2.75, 3.05) is 7.11 Å². The van der Waals surface area contributed by atoms with Gasteiger partial charge >= 0.3 is 11.9 Å². The average molecular weight is 239 g/mol. The van der Waals surface area contributed by atoms with Crippen molar-refractivity contribution in [3.05, 3.63) is 33.6 Å². The second-order valence-electron chi connectivity index (χ2n) is 2.76. The van der Waals surface area contributed by atoms with Crippen LogP contribution in [0.4, 0.5) is 23.2 Å². The minimum Gasteiger partial charge on any atom is -0.490 e. The summed E-state index contributed by atoms with van der Waals surface area (Å²) in [6, 6.07) is 0.514. The highest BCUT2D eigenvalue weighted by Gasteiger charge is 2.38. The monoisotopic (exact) mass is 239 g/mol. The van der Waals surface area contributed by atoms with E-state index in [4.69, 9.17) is 0 Å². The molecule has 4 nitrogen and oxygen atoms in total. The molecule has 1 aromatic rings. The van der Waals surface area contributed by atoms with E-state index in [1.165, 1.54) is 0 Å². The molecule has 0 aliphatic rings. The van der Waals surface area contributed by atoms with Crippen molar-refractivity contribution in [2.45, 2.75) is 6.18 Å². The van der Waals surface area contributed by atoms with Crippen LogP contribution in [0.25, 0.3) is 0 Å². The van der Waals surface area contributed by atoms with Gasteiger partial charge in [-0.1, -0.05) is 0 Å². The van der Waals surface area contributed by atoms with Gasteiger partial charge in [-0.2, -0.15) is 13.2 Å². The van der Waals surface area contributed by atoms with Crippen LogP contribution in [0.3, 0.4) is 0 Å². The fourth-order valence-electron chi connectivity index (χ4n) is 1.14. The Balaban J connectivity index is 3.55. The second kappa shape index (κ2) is 3.95. The normalized spacial score (nSPS) is 11.3. The number of rotatable bonds is 2. The molecule has 0 aliphatic heterocycles. The molecule has 0 atom stereocenters. The lowest BCUT2D eigenvalue weighted by Gasteiger charge is -2.11. The first-order valence-corrected chi connectivity index (χ1v) is 3.86. The molecule has 0 N–H and O–H groups in total. The Morgan fingerprint density at radius 3 is 2.31 bits per heavy atom. The molecule has 0 radical (unpaired) electrons. The SMILES string of the molecule is COc1c([N+](=O)[O-])cc(F)cc1C(F)(F)F. The Bertz CT molecular complexity index is 430. The van der Waals surface area contributed by atoms with Gasteiger partial charge in [0.15, 0.2) is 0 Å². The smallest absolute Gasteiger partial charge is 0.420 e. The number of nitro groups is 1. The van der Waals surface area contributed by atoms with Gasteiger partial charge in [-0.05, 0) is 6.07 Å². The van der Waals surface area contributed by atoms with Gasteiger partial charge in [-0.3, -0.25) is 10.1 Å². The summed E-state index contributed by atoms with van der Waals surface area (Å²) >= 11 is 0. The van der Waals surface area contributed by atoms with Crippen molar-refractivity contribution >= 4 is 5.69 Å². The van der Waals surface area contributed by atoms with Crippen molar-refractivity contribution in [2.24, 2.45) is 0 Å². The number of hydrogen-bond acceptors (Lipinski definition) is 3. The molecular weight excluding hydrogens is 234 g/mol. The molecule has 1 rings (SSSR count). The Hall–Kier alpha value is -1.86. The summed E-state index contributed by atoms with van der Waals surface area (Å²) in [5, 5.41) is 10.4. The van der Waals surface area contributed by atoms with Crippen molar-refractivity contribution in [1.82, 2.24) is 0 Å². The van der Waals surface area contributed by atoms with Crippen LogP contribution >= 0.6 is 0 Å². The topological polar surface area (TPSA) is 52.4 Å². The summed E-state index contributed by atoms with van der Waals surface area (Å²) in [6.45, 7) is 0. The van der Waals surface area contributed by atoms with Gasteiger partial charge in [0.2, 0.25) is 5.75 Å². The number of hydrogen-bond donors (Lipinski definition) is 0. The van der Waals surface area contributed by atoms with E-state index in [-0.39, 0.29) is 6.07 Å². The summed E-state index contributed by atoms with van der Waals surface area (Å²) in [5.74, 6) is -2.35. The van der Waals surface area contributed by atoms with Crippen LogP contribution in [0.1, 0.15) is 5.56 Å². The van der Waals surface area contributed by atoms with Gasteiger partial charge in [0.25, 0.3) is 0 Å². The predicted molar refractivity (Wildman–Crippen MR) is 44.6 cm³/mol. The summed E-state index contributed by atoms with van der Waals surface area (Å²) in [6.07, 6.45) is -4.92. The van der Waals surface area contributed by atoms with Crippen molar-refractivity contribution in [1.29, 1.82) is 0 Å². The first-order valence-electron chi connectivity index (χ1n) is 3.86. The highest BCUT2D eigenvalue weighted by Crippen LogP contribution is 2.41.